The van der Waals surface area contributed by atoms with Gasteiger partial charge in [0.25, 0.3) is 0 Å². The largest absolute Gasteiger partial charge is 0.394 e. The zero-order valence-electron chi connectivity index (χ0n) is 9.22. The molecule has 3 N–H and O–H groups in total. The van der Waals surface area contributed by atoms with E-state index in [1.165, 1.54) is 0 Å². The minimum absolute atomic E-state index is 0.423. The fourth-order valence-electron chi connectivity index (χ4n) is 1.79. The Labute approximate surface area is 88.7 Å². The molecule has 90 valence electrons. The molecule has 1 saturated heterocycles. The van der Waals surface area contributed by atoms with E-state index in [-0.39, 0.29) is 0 Å². The number of halogens is 1. The maximum Gasteiger partial charge on any atom is 0.157 e. The number of hydrogen-bond donors (Lipinski definition) is 3. The van der Waals surface area contributed by atoms with Crippen LogP contribution in [0.3, 0.4) is 0 Å². The standard InChI is InChI=1S/C10H19FO4/c1-10(2,3)9-8(14)7(13)6(11)5(4-12)15-9/h5-9,12-14H,4H2,1-3H3/t5-,6-,7+,8-,9-/m1/s1. The molecular weight excluding hydrogens is 203 g/mol. The van der Waals surface area contributed by atoms with Crippen LogP contribution in [0, 0.1) is 5.41 Å². The van der Waals surface area contributed by atoms with Gasteiger partial charge in [-0.15, -0.1) is 0 Å². The first kappa shape index (κ1) is 12.8. The monoisotopic (exact) mass is 222 g/mol. The van der Waals surface area contributed by atoms with Crippen molar-refractivity contribution in [1.82, 2.24) is 0 Å². The second-order valence-electron chi connectivity index (χ2n) is 5.07. The third kappa shape index (κ3) is 2.47. The van der Waals surface area contributed by atoms with Crippen molar-refractivity contribution in [3.63, 3.8) is 0 Å². The Bertz CT molecular complexity index is 214. The minimum Gasteiger partial charge on any atom is -0.394 e. The van der Waals surface area contributed by atoms with Crippen molar-refractivity contribution in [2.75, 3.05) is 6.61 Å². The summed E-state index contributed by atoms with van der Waals surface area (Å²) < 4.78 is 18.6. The zero-order chi connectivity index (χ0) is 11.8. The summed E-state index contributed by atoms with van der Waals surface area (Å²) in [5.41, 5.74) is -0.423. The van der Waals surface area contributed by atoms with E-state index < -0.39 is 42.6 Å². The van der Waals surface area contributed by atoms with Crippen LogP contribution in [0.25, 0.3) is 0 Å². The Balaban J connectivity index is 2.83. The van der Waals surface area contributed by atoms with Gasteiger partial charge in [-0.05, 0) is 5.41 Å². The van der Waals surface area contributed by atoms with E-state index in [1.807, 2.05) is 20.8 Å². The average molecular weight is 222 g/mol. The summed E-state index contributed by atoms with van der Waals surface area (Å²) in [5, 5.41) is 28.0. The van der Waals surface area contributed by atoms with Gasteiger partial charge in [-0.2, -0.15) is 0 Å². The van der Waals surface area contributed by atoms with Crippen LogP contribution in [0.2, 0.25) is 0 Å². The molecule has 5 heteroatoms. The lowest BCUT2D eigenvalue weighted by Gasteiger charge is -2.44. The van der Waals surface area contributed by atoms with E-state index in [1.54, 1.807) is 0 Å². The summed E-state index contributed by atoms with van der Waals surface area (Å²) in [6, 6.07) is 0. The molecule has 0 amide bonds. The van der Waals surface area contributed by atoms with E-state index in [9.17, 15) is 14.6 Å². The summed E-state index contributed by atoms with van der Waals surface area (Å²) in [6.07, 6.45) is -6.25. The Kier molecular flexibility index (Phi) is 3.71. The maximum atomic E-state index is 13.4. The van der Waals surface area contributed by atoms with Gasteiger partial charge in [-0.3, -0.25) is 0 Å². The molecule has 0 aliphatic carbocycles. The number of rotatable bonds is 1. The molecule has 0 spiro atoms. The number of alkyl halides is 1. The van der Waals surface area contributed by atoms with Gasteiger partial charge in [0.2, 0.25) is 0 Å². The van der Waals surface area contributed by atoms with Gasteiger partial charge < -0.3 is 20.1 Å². The molecule has 0 aromatic carbocycles. The van der Waals surface area contributed by atoms with Gasteiger partial charge in [0.05, 0.1) is 12.7 Å². The van der Waals surface area contributed by atoms with E-state index in [4.69, 9.17) is 9.84 Å². The smallest absolute Gasteiger partial charge is 0.157 e. The highest BCUT2D eigenvalue weighted by Gasteiger charge is 2.48. The third-order valence-electron chi connectivity index (χ3n) is 2.70. The first-order chi connectivity index (χ1) is 6.79. The maximum absolute atomic E-state index is 13.4. The highest BCUT2D eigenvalue weighted by molar-refractivity contribution is 4.96. The molecule has 1 heterocycles. The second kappa shape index (κ2) is 4.33. The molecule has 0 saturated carbocycles. The van der Waals surface area contributed by atoms with Crippen molar-refractivity contribution in [2.24, 2.45) is 5.41 Å². The summed E-state index contributed by atoms with van der Waals surface area (Å²) in [6.45, 7) is 4.96. The van der Waals surface area contributed by atoms with Crippen LogP contribution in [0.15, 0.2) is 0 Å². The SMILES string of the molecule is CC(C)(C)[C@@H]1O[C@H](CO)[C@@H](F)[C@H](O)[C@H]1O. The quantitative estimate of drug-likeness (QED) is 0.577. The fourth-order valence-corrected chi connectivity index (χ4v) is 1.79. The molecule has 0 aromatic heterocycles. The van der Waals surface area contributed by atoms with Crippen LogP contribution in [-0.4, -0.2) is 52.5 Å². The number of hydrogen-bond acceptors (Lipinski definition) is 4. The molecule has 1 aliphatic heterocycles. The van der Waals surface area contributed by atoms with Crippen molar-refractivity contribution in [3.8, 4) is 0 Å². The van der Waals surface area contributed by atoms with Gasteiger partial charge in [-0.25, -0.2) is 4.39 Å². The molecule has 1 aliphatic rings. The van der Waals surface area contributed by atoms with E-state index >= 15 is 0 Å². The highest BCUT2D eigenvalue weighted by atomic mass is 19.1. The summed E-state index contributed by atoms with van der Waals surface area (Å²) in [7, 11) is 0. The molecule has 1 fully saturated rings. The minimum atomic E-state index is -1.75. The van der Waals surface area contributed by atoms with Crippen molar-refractivity contribution >= 4 is 0 Å². The van der Waals surface area contributed by atoms with Gasteiger partial charge in [0.1, 0.15) is 18.3 Å². The second-order valence-corrected chi connectivity index (χ2v) is 5.07. The number of aliphatic hydroxyl groups is 3. The third-order valence-corrected chi connectivity index (χ3v) is 2.70. The molecule has 0 bridgehead atoms. The summed E-state index contributed by atoms with van der Waals surface area (Å²) in [5.74, 6) is 0. The predicted octanol–water partition coefficient (Wildman–Crippen LogP) is -0.148. The average Bonchev–Trinajstić information content (AvgIpc) is 2.13. The van der Waals surface area contributed by atoms with Crippen LogP contribution < -0.4 is 0 Å². The molecule has 0 aromatic rings. The Hall–Kier alpha value is -0.230. The molecule has 4 nitrogen and oxygen atoms in total. The van der Waals surface area contributed by atoms with E-state index in [2.05, 4.69) is 0 Å². The lowest BCUT2D eigenvalue weighted by Crippen LogP contribution is -2.60. The van der Waals surface area contributed by atoms with Crippen LogP contribution in [0.4, 0.5) is 4.39 Å². The fraction of sp³-hybridized carbons (Fsp3) is 1.00. The summed E-state index contributed by atoms with van der Waals surface area (Å²) >= 11 is 0. The van der Waals surface area contributed by atoms with Crippen molar-refractivity contribution in [3.05, 3.63) is 0 Å². The molecule has 1 rings (SSSR count). The van der Waals surface area contributed by atoms with Gasteiger partial charge >= 0.3 is 0 Å². The van der Waals surface area contributed by atoms with Crippen molar-refractivity contribution in [2.45, 2.75) is 51.4 Å². The Morgan fingerprint density at radius 1 is 1.20 bits per heavy atom. The summed E-state index contributed by atoms with van der Waals surface area (Å²) in [4.78, 5) is 0. The Morgan fingerprint density at radius 2 is 1.73 bits per heavy atom. The van der Waals surface area contributed by atoms with Gasteiger partial charge in [-0.1, -0.05) is 20.8 Å². The van der Waals surface area contributed by atoms with Crippen molar-refractivity contribution < 1.29 is 24.4 Å². The lowest BCUT2D eigenvalue weighted by atomic mass is 9.80. The lowest BCUT2D eigenvalue weighted by molar-refractivity contribution is -0.235. The molecule has 0 unspecified atom stereocenters. The van der Waals surface area contributed by atoms with Crippen LogP contribution in [-0.2, 0) is 4.74 Å². The predicted molar refractivity (Wildman–Crippen MR) is 52.1 cm³/mol. The normalized spacial score (nSPS) is 43.0. The van der Waals surface area contributed by atoms with Gasteiger partial charge in [0, 0.05) is 0 Å². The van der Waals surface area contributed by atoms with Gasteiger partial charge in [0.15, 0.2) is 6.17 Å². The molecule has 5 atom stereocenters. The van der Waals surface area contributed by atoms with Crippen LogP contribution in [0.5, 0.6) is 0 Å². The van der Waals surface area contributed by atoms with Crippen LogP contribution >= 0.6 is 0 Å². The highest BCUT2D eigenvalue weighted by Crippen LogP contribution is 2.33. The molecular formula is C10H19FO4. The van der Waals surface area contributed by atoms with E-state index in [0.717, 1.165) is 0 Å². The molecule has 0 radical (unpaired) electrons. The number of ether oxygens (including phenoxy) is 1. The number of aliphatic hydroxyl groups excluding tert-OH is 3. The first-order valence-corrected chi connectivity index (χ1v) is 5.05. The van der Waals surface area contributed by atoms with E-state index in [0.29, 0.717) is 0 Å². The van der Waals surface area contributed by atoms with Crippen LogP contribution in [0.1, 0.15) is 20.8 Å². The zero-order valence-corrected chi connectivity index (χ0v) is 9.22. The Morgan fingerprint density at radius 3 is 2.13 bits per heavy atom. The van der Waals surface area contributed by atoms with Crippen molar-refractivity contribution in [1.29, 1.82) is 0 Å². The molecule has 15 heavy (non-hydrogen) atoms. The topological polar surface area (TPSA) is 69.9 Å². The first-order valence-electron chi connectivity index (χ1n) is 5.05.